The maximum Gasteiger partial charge on any atom is 0.274 e. The zero-order valence-corrected chi connectivity index (χ0v) is 7.04. The van der Waals surface area contributed by atoms with Crippen LogP contribution in [0.4, 0.5) is 5.82 Å². The smallest absolute Gasteiger partial charge is 0.274 e. The second kappa shape index (κ2) is 3.85. The largest absolute Gasteiger partial charge is 0.364 e. The van der Waals surface area contributed by atoms with Crippen molar-refractivity contribution in [2.24, 2.45) is 5.73 Å². The fourth-order valence-electron chi connectivity index (χ4n) is 0.598. The summed E-state index contributed by atoms with van der Waals surface area (Å²) in [6.45, 7) is 0. The minimum atomic E-state index is -0.842. The van der Waals surface area contributed by atoms with Crippen LogP contribution < -0.4 is 11.1 Å². The predicted molar refractivity (Wildman–Crippen MR) is 42.2 cm³/mol. The molecule has 0 unspecified atom stereocenters. The molecule has 0 spiro atoms. The van der Waals surface area contributed by atoms with Gasteiger partial charge < -0.3 is 11.1 Å². The summed E-state index contributed by atoms with van der Waals surface area (Å²) in [6, 6.07) is 0. The van der Waals surface area contributed by atoms with Crippen LogP contribution in [-0.2, 0) is 4.79 Å². The Hall–Kier alpha value is -1.63. The molecule has 13 heavy (non-hydrogen) atoms. The molecule has 8 heteroatoms. The first kappa shape index (κ1) is 9.46. The number of halogens is 1. The Labute approximate surface area is 77.2 Å². The van der Waals surface area contributed by atoms with Gasteiger partial charge in [0, 0.05) is 0 Å². The molecule has 0 aliphatic heterocycles. The van der Waals surface area contributed by atoms with Crippen LogP contribution in [0.15, 0.2) is 4.63 Å². The number of nitrogens with two attached hydrogens (primary N) is 1. The first-order valence-electron chi connectivity index (χ1n) is 3.13. The second-order valence-corrected chi connectivity index (χ2v) is 2.27. The monoisotopic (exact) mass is 204 g/mol. The molecule has 0 aromatic carbocycles. The van der Waals surface area contributed by atoms with E-state index in [9.17, 15) is 9.59 Å². The van der Waals surface area contributed by atoms with Crippen molar-refractivity contribution in [3.05, 3.63) is 5.69 Å². The molecule has 1 rings (SSSR count). The highest BCUT2D eigenvalue weighted by molar-refractivity contribution is 6.29. The summed E-state index contributed by atoms with van der Waals surface area (Å²) in [6.07, 6.45) is 0. The Morgan fingerprint density at radius 1 is 1.54 bits per heavy atom. The Balaban J connectivity index is 2.82. The van der Waals surface area contributed by atoms with E-state index in [-0.39, 0.29) is 17.4 Å². The van der Waals surface area contributed by atoms with Crippen molar-refractivity contribution in [2.45, 2.75) is 0 Å². The van der Waals surface area contributed by atoms with E-state index in [1.165, 1.54) is 0 Å². The van der Waals surface area contributed by atoms with Gasteiger partial charge in [0.2, 0.25) is 17.4 Å². The van der Waals surface area contributed by atoms with E-state index in [0.29, 0.717) is 0 Å². The van der Waals surface area contributed by atoms with E-state index in [2.05, 4.69) is 20.3 Å². The third-order valence-corrected chi connectivity index (χ3v) is 1.34. The van der Waals surface area contributed by atoms with E-state index in [1.807, 2.05) is 0 Å². The number of carbonyl (C=O) groups excluding carboxylic acids is 2. The van der Waals surface area contributed by atoms with E-state index in [4.69, 9.17) is 17.3 Å². The lowest BCUT2D eigenvalue weighted by Crippen LogP contribution is -2.18. The van der Waals surface area contributed by atoms with Gasteiger partial charge in [0.1, 0.15) is 5.88 Å². The van der Waals surface area contributed by atoms with Crippen LogP contribution in [0.5, 0.6) is 0 Å². The van der Waals surface area contributed by atoms with Gasteiger partial charge >= 0.3 is 0 Å². The predicted octanol–water partition coefficient (Wildman–Crippen LogP) is -0.654. The van der Waals surface area contributed by atoms with E-state index >= 15 is 0 Å². The first-order valence-corrected chi connectivity index (χ1v) is 3.66. The Bertz CT molecular complexity index is 336. The molecule has 1 aromatic rings. The topological polar surface area (TPSA) is 111 Å². The van der Waals surface area contributed by atoms with E-state index in [0.717, 1.165) is 0 Å². The van der Waals surface area contributed by atoms with Crippen molar-refractivity contribution in [2.75, 3.05) is 11.2 Å². The summed E-state index contributed by atoms with van der Waals surface area (Å²) in [5.41, 5.74) is 4.65. The fraction of sp³-hybridized carbons (Fsp3) is 0.200. The number of primary amides is 1. The quantitative estimate of drug-likeness (QED) is 0.636. The summed E-state index contributed by atoms with van der Waals surface area (Å²) >= 11 is 5.19. The van der Waals surface area contributed by atoms with Gasteiger partial charge in [0.05, 0.1) is 0 Å². The highest BCUT2D eigenvalue weighted by atomic mass is 35.5. The van der Waals surface area contributed by atoms with E-state index < -0.39 is 11.8 Å². The number of anilines is 1. The lowest BCUT2D eigenvalue weighted by atomic mass is 10.4. The zero-order valence-electron chi connectivity index (χ0n) is 6.28. The normalized spacial score (nSPS) is 9.62. The third kappa shape index (κ3) is 2.15. The fourth-order valence-corrected chi connectivity index (χ4v) is 0.665. The van der Waals surface area contributed by atoms with Gasteiger partial charge in [-0.25, -0.2) is 4.63 Å². The number of hydrogen-bond donors (Lipinski definition) is 2. The van der Waals surface area contributed by atoms with Gasteiger partial charge in [-0.15, -0.1) is 11.6 Å². The molecular weight excluding hydrogens is 200 g/mol. The number of nitrogens with one attached hydrogen (secondary N) is 1. The maximum absolute atomic E-state index is 10.7. The summed E-state index contributed by atoms with van der Waals surface area (Å²) in [5.74, 6) is -1.76. The van der Waals surface area contributed by atoms with Crippen LogP contribution in [0.1, 0.15) is 10.5 Å². The number of hydrogen-bond acceptors (Lipinski definition) is 5. The SMILES string of the molecule is NC(=O)c1nonc1NC(=O)CCl. The van der Waals surface area contributed by atoms with Gasteiger partial charge in [0.25, 0.3) is 5.91 Å². The molecule has 0 saturated heterocycles. The van der Waals surface area contributed by atoms with Crippen LogP contribution in [0.2, 0.25) is 0 Å². The summed E-state index contributed by atoms with van der Waals surface area (Å²) in [7, 11) is 0. The Kier molecular flexibility index (Phi) is 2.80. The van der Waals surface area contributed by atoms with E-state index in [1.54, 1.807) is 0 Å². The molecule has 0 saturated carbocycles. The maximum atomic E-state index is 10.7. The molecule has 0 aliphatic rings. The minimum absolute atomic E-state index is 0.127. The third-order valence-electron chi connectivity index (χ3n) is 1.10. The lowest BCUT2D eigenvalue weighted by Gasteiger charge is -1.96. The van der Waals surface area contributed by atoms with Gasteiger partial charge in [-0.05, 0) is 10.3 Å². The van der Waals surface area contributed by atoms with Gasteiger partial charge in [-0.2, -0.15) is 0 Å². The van der Waals surface area contributed by atoms with Crippen molar-refractivity contribution < 1.29 is 14.2 Å². The molecule has 2 amide bonds. The second-order valence-electron chi connectivity index (χ2n) is 2.01. The van der Waals surface area contributed by atoms with Crippen molar-refractivity contribution in [1.82, 2.24) is 10.3 Å². The zero-order chi connectivity index (χ0) is 9.84. The summed E-state index contributed by atoms with van der Waals surface area (Å²) in [4.78, 5) is 21.4. The molecule has 0 bridgehead atoms. The van der Waals surface area contributed by atoms with Crippen LogP contribution in [0.3, 0.4) is 0 Å². The molecule has 7 nitrogen and oxygen atoms in total. The molecule has 0 aliphatic carbocycles. The molecule has 0 fully saturated rings. The van der Waals surface area contributed by atoms with Crippen molar-refractivity contribution >= 4 is 29.2 Å². The number of carbonyl (C=O) groups is 2. The number of nitrogens with zero attached hydrogens (tertiary/aromatic N) is 2. The first-order chi connectivity index (χ1) is 6.15. The van der Waals surface area contributed by atoms with Crippen molar-refractivity contribution in [3.63, 3.8) is 0 Å². The van der Waals surface area contributed by atoms with Crippen LogP contribution in [0, 0.1) is 0 Å². The van der Waals surface area contributed by atoms with Gasteiger partial charge in [-0.1, -0.05) is 0 Å². The molecule has 1 heterocycles. The molecule has 70 valence electrons. The number of alkyl halides is 1. The number of aromatic nitrogens is 2. The summed E-state index contributed by atoms with van der Waals surface area (Å²) in [5, 5.41) is 8.61. The van der Waals surface area contributed by atoms with Gasteiger partial charge in [-0.3, -0.25) is 9.59 Å². The molecule has 1 aromatic heterocycles. The standard InChI is InChI=1S/C5H5ClN4O3/c6-1-2(11)8-5-3(4(7)12)9-13-10-5/h1H2,(H2,7,12)(H,8,10,11). The Morgan fingerprint density at radius 3 is 2.77 bits per heavy atom. The highest BCUT2D eigenvalue weighted by Crippen LogP contribution is 2.07. The Morgan fingerprint density at radius 2 is 2.23 bits per heavy atom. The summed E-state index contributed by atoms with van der Waals surface area (Å²) < 4.78 is 4.19. The lowest BCUT2D eigenvalue weighted by molar-refractivity contribution is -0.114. The highest BCUT2D eigenvalue weighted by Gasteiger charge is 2.16. The minimum Gasteiger partial charge on any atom is -0.364 e. The van der Waals surface area contributed by atoms with Crippen LogP contribution in [-0.4, -0.2) is 28.0 Å². The van der Waals surface area contributed by atoms with Crippen molar-refractivity contribution in [3.8, 4) is 0 Å². The molecule has 3 N–H and O–H groups in total. The molecular formula is C5H5ClN4O3. The molecule has 0 atom stereocenters. The molecule has 0 radical (unpaired) electrons. The average Bonchev–Trinajstić information content (AvgIpc) is 2.52. The van der Waals surface area contributed by atoms with Crippen molar-refractivity contribution in [1.29, 1.82) is 0 Å². The van der Waals surface area contributed by atoms with Gasteiger partial charge in [0.15, 0.2) is 0 Å². The number of rotatable bonds is 3. The van der Waals surface area contributed by atoms with Crippen LogP contribution >= 0.6 is 11.6 Å². The number of amides is 2. The average molecular weight is 205 g/mol. The van der Waals surface area contributed by atoms with Crippen LogP contribution in [0.25, 0.3) is 0 Å².